The number of nitrogens with one attached hydrogen (secondary N) is 1. The molecule has 6 nitrogen and oxygen atoms in total. The van der Waals surface area contributed by atoms with Gasteiger partial charge < -0.3 is 10.4 Å². The summed E-state index contributed by atoms with van der Waals surface area (Å²) in [6.07, 6.45) is 7.39. The zero-order valence-corrected chi connectivity index (χ0v) is 12.1. The summed E-state index contributed by atoms with van der Waals surface area (Å²) in [6, 6.07) is 1.98. The Bertz CT molecular complexity index is 652. The number of aliphatic carboxylic acids is 1. The van der Waals surface area contributed by atoms with Gasteiger partial charge in [-0.05, 0) is 31.7 Å². The van der Waals surface area contributed by atoms with Crippen LogP contribution in [0.3, 0.4) is 0 Å². The first-order valence-corrected chi connectivity index (χ1v) is 7.43. The van der Waals surface area contributed by atoms with Crippen LogP contribution in [0.4, 0.5) is 5.82 Å². The van der Waals surface area contributed by atoms with E-state index in [1.807, 2.05) is 19.2 Å². The van der Waals surface area contributed by atoms with Crippen molar-refractivity contribution in [1.82, 2.24) is 14.6 Å². The van der Waals surface area contributed by atoms with E-state index in [0.717, 1.165) is 42.7 Å². The van der Waals surface area contributed by atoms with Gasteiger partial charge in [-0.3, -0.25) is 4.79 Å². The highest BCUT2D eigenvalue weighted by Crippen LogP contribution is 2.30. The maximum atomic E-state index is 11.3. The summed E-state index contributed by atoms with van der Waals surface area (Å²) in [6.45, 7) is 2.59. The highest BCUT2D eigenvalue weighted by atomic mass is 16.4. The summed E-state index contributed by atoms with van der Waals surface area (Å²) in [7, 11) is 0. The van der Waals surface area contributed by atoms with Crippen LogP contribution in [0.1, 0.15) is 31.4 Å². The quantitative estimate of drug-likeness (QED) is 0.902. The number of fused-ring (bicyclic) bond motifs is 1. The maximum Gasteiger partial charge on any atom is 0.306 e. The van der Waals surface area contributed by atoms with E-state index in [0.29, 0.717) is 6.54 Å². The van der Waals surface area contributed by atoms with E-state index >= 15 is 0 Å². The van der Waals surface area contributed by atoms with Gasteiger partial charge in [0.1, 0.15) is 5.52 Å². The summed E-state index contributed by atoms with van der Waals surface area (Å²) < 4.78 is 1.79. The number of carboxylic acid groups (broad SMARTS) is 1. The molecule has 2 aromatic heterocycles. The smallest absolute Gasteiger partial charge is 0.306 e. The van der Waals surface area contributed by atoms with Crippen molar-refractivity contribution in [2.24, 2.45) is 11.8 Å². The second-order valence-corrected chi connectivity index (χ2v) is 5.76. The summed E-state index contributed by atoms with van der Waals surface area (Å²) in [5.74, 6) is 0.0284. The molecule has 21 heavy (non-hydrogen) atoms. The monoisotopic (exact) mass is 288 g/mol. The fourth-order valence-corrected chi connectivity index (χ4v) is 3.19. The second kappa shape index (κ2) is 5.71. The van der Waals surface area contributed by atoms with Gasteiger partial charge in [-0.15, -0.1) is 0 Å². The number of rotatable bonds is 4. The number of hydrogen-bond donors (Lipinski definition) is 2. The Kier molecular flexibility index (Phi) is 3.77. The highest BCUT2D eigenvalue weighted by molar-refractivity contribution is 5.71. The molecule has 0 radical (unpaired) electrons. The molecule has 0 spiro atoms. The van der Waals surface area contributed by atoms with Crippen LogP contribution in [-0.4, -0.2) is 32.2 Å². The molecule has 112 valence electrons. The SMILES string of the molecule is Cc1cc2c(NCC3CCCCC3C(=O)O)nccn2n1. The number of anilines is 1. The van der Waals surface area contributed by atoms with Crippen LogP contribution < -0.4 is 5.32 Å². The molecule has 6 heteroatoms. The summed E-state index contributed by atoms with van der Waals surface area (Å²) in [5.41, 5.74) is 1.87. The summed E-state index contributed by atoms with van der Waals surface area (Å²) >= 11 is 0. The first-order chi connectivity index (χ1) is 10.1. The van der Waals surface area contributed by atoms with E-state index in [1.165, 1.54) is 0 Å². The Morgan fingerprint density at radius 2 is 2.29 bits per heavy atom. The molecule has 0 saturated heterocycles. The van der Waals surface area contributed by atoms with Crippen molar-refractivity contribution in [1.29, 1.82) is 0 Å². The molecule has 3 rings (SSSR count). The van der Waals surface area contributed by atoms with Gasteiger partial charge in [-0.1, -0.05) is 12.8 Å². The number of carboxylic acids is 1. The number of aromatic nitrogens is 3. The number of hydrogen-bond acceptors (Lipinski definition) is 4. The van der Waals surface area contributed by atoms with Gasteiger partial charge in [-0.2, -0.15) is 5.10 Å². The van der Waals surface area contributed by atoms with Crippen molar-refractivity contribution in [2.45, 2.75) is 32.6 Å². The van der Waals surface area contributed by atoms with Crippen LogP contribution >= 0.6 is 0 Å². The third kappa shape index (κ3) is 2.84. The average molecular weight is 288 g/mol. The maximum absolute atomic E-state index is 11.3. The lowest BCUT2D eigenvalue weighted by Crippen LogP contribution is -2.32. The minimum atomic E-state index is -0.673. The lowest BCUT2D eigenvalue weighted by Gasteiger charge is -2.28. The molecule has 2 N–H and O–H groups in total. The minimum absolute atomic E-state index is 0.169. The molecule has 1 saturated carbocycles. The van der Waals surface area contributed by atoms with Crippen LogP contribution in [0, 0.1) is 18.8 Å². The van der Waals surface area contributed by atoms with Gasteiger partial charge in [0, 0.05) is 18.9 Å². The molecule has 2 atom stereocenters. The molecule has 1 fully saturated rings. The molecule has 0 bridgehead atoms. The fraction of sp³-hybridized carbons (Fsp3) is 0.533. The van der Waals surface area contributed by atoms with E-state index in [2.05, 4.69) is 15.4 Å². The van der Waals surface area contributed by atoms with Crippen molar-refractivity contribution in [3.05, 3.63) is 24.2 Å². The van der Waals surface area contributed by atoms with E-state index in [4.69, 9.17) is 0 Å². The average Bonchev–Trinajstić information content (AvgIpc) is 2.86. The van der Waals surface area contributed by atoms with Gasteiger partial charge in [0.15, 0.2) is 5.82 Å². The van der Waals surface area contributed by atoms with Crippen molar-refractivity contribution >= 4 is 17.3 Å². The fourth-order valence-electron chi connectivity index (χ4n) is 3.19. The Hall–Kier alpha value is -2.11. The van der Waals surface area contributed by atoms with Crippen LogP contribution in [0.25, 0.3) is 5.52 Å². The third-order valence-corrected chi connectivity index (χ3v) is 4.27. The Balaban J connectivity index is 1.75. The number of carbonyl (C=O) groups is 1. The predicted molar refractivity (Wildman–Crippen MR) is 79.3 cm³/mol. The number of aryl methyl sites for hydroxylation is 1. The lowest BCUT2D eigenvalue weighted by molar-refractivity contribution is -0.144. The van der Waals surface area contributed by atoms with Crippen molar-refractivity contribution in [3.8, 4) is 0 Å². The van der Waals surface area contributed by atoms with Gasteiger partial charge in [0.2, 0.25) is 0 Å². The third-order valence-electron chi connectivity index (χ3n) is 4.27. The van der Waals surface area contributed by atoms with Gasteiger partial charge in [-0.25, -0.2) is 9.50 Å². The summed E-state index contributed by atoms with van der Waals surface area (Å²) in [4.78, 5) is 15.7. The molecular weight excluding hydrogens is 268 g/mol. The minimum Gasteiger partial charge on any atom is -0.481 e. The molecule has 0 amide bonds. The zero-order chi connectivity index (χ0) is 14.8. The van der Waals surface area contributed by atoms with Crippen LogP contribution in [0.5, 0.6) is 0 Å². The Morgan fingerprint density at radius 3 is 3.10 bits per heavy atom. The predicted octanol–water partition coefficient (Wildman–Crippen LogP) is 2.34. The Morgan fingerprint density at radius 1 is 1.48 bits per heavy atom. The first-order valence-electron chi connectivity index (χ1n) is 7.43. The van der Waals surface area contributed by atoms with Crippen molar-refractivity contribution in [3.63, 3.8) is 0 Å². The van der Waals surface area contributed by atoms with Gasteiger partial charge in [0.05, 0.1) is 11.6 Å². The molecule has 2 aromatic rings. The molecule has 2 unspecified atom stereocenters. The molecule has 1 aliphatic carbocycles. The van der Waals surface area contributed by atoms with E-state index in [1.54, 1.807) is 10.7 Å². The largest absolute Gasteiger partial charge is 0.481 e. The second-order valence-electron chi connectivity index (χ2n) is 5.76. The molecule has 2 heterocycles. The van der Waals surface area contributed by atoms with Crippen LogP contribution in [-0.2, 0) is 4.79 Å². The first kappa shape index (κ1) is 13.9. The number of nitrogens with zero attached hydrogens (tertiary/aromatic N) is 3. The molecule has 1 aliphatic rings. The molecule has 0 aliphatic heterocycles. The Labute approximate surface area is 123 Å². The van der Waals surface area contributed by atoms with Crippen LogP contribution in [0.15, 0.2) is 18.5 Å². The van der Waals surface area contributed by atoms with E-state index in [9.17, 15) is 9.90 Å². The van der Waals surface area contributed by atoms with E-state index in [-0.39, 0.29) is 11.8 Å². The van der Waals surface area contributed by atoms with Crippen molar-refractivity contribution in [2.75, 3.05) is 11.9 Å². The standard InChI is InChI=1S/C15H20N4O2/c1-10-8-13-14(16-6-7-19(13)18-10)17-9-11-4-2-3-5-12(11)15(20)21/h6-8,11-12H,2-5,9H2,1H3,(H,16,17)(H,20,21). The van der Waals surface area contributed by atoms with Gasteiger partial charge in [0.25, 0.3) is 0 Å². The highest BCUT2D eigenvalue weighted by Gasteiger charge is 2.30. The summed E-state index contributed by atoms with van der Waals surface area (Å²) in [5, 5.41) is 17.0. The van der Waals surface area contributed by atoms with Crippen molar-refractivity contribution < 1.29 is 9.90 Å². The lowest BCUT2D eigenvalue weighted by atomic mass is 9.79. The van der Waals surface area contributed by atoms with Crippen LogP contribution in [0.2, 0.25) is 0 Å². The topological polar surface area (TPSA) is 79.5 Å². The molecule has 0 aromatic carbocycles. The van der Waals surface area contributed by atoms with Gasteiger partial charge >= 0.3 is 5.97 Å². The molecular formula is C15H20N4O2. The normalized spacial score (nSPS) is 22.3. The van der Waals surface area contributed by atoms with E-state index < -0.39 is 5.97 Å². The zero-order valence-electron chi connectivity index (χ0n) is 12.1.